The molecule has 0 aliphatic rings. The van der Waals surface area contributed by atoms with Crippen LogP contribution in [0.15, 0.2) is 41.8 Å². The number of thioether (sulfide) groups is 1. The van der Waals surface area contributed by atoms with Crippen LogP contribution in [-0.2, 0) is 5.75 Å². The number of anilines is 2. The van der Waals surface area contributed by atoms with Crippen LogP contribution in [0.5, 0.6) is 0 Å². The maximum Gasteiger partial charge on any atom is 0.225 e. The highest BCUT2D eigenvalue weighted by Crippen LogP contribution is 2.24. The molecule has 8 heteroatoms. The summed E-state index contributed by atoms with van der Waals surface area (Å²) in [6.07, 6.45) is 3.71. The third-order valence-corrected chi connectivity index (χ3v) is 4.45. The molecule has 0 atom stereocenters. The van der Waals surface area contributed by atoms with Gasteiger partial charge in [0.1, 0.15) is 5.82 Å². The normalized spacial score (nSPS) is 11.1. The van der Waals surface area contributed by atoms with E-state index in [0.717, 1.165) is 10.8 Å². The monoisotopic (exact) mass is 341 g/mol. The van der Waals surface area contributed by atoms with Crippen molar-refractivity contribution in [3.63, 3.8) is 0 Å². The van der Waals surface area contributed by atoms with E-state index < -0.39 is 0 Å². The first-order valence-electron chi connectivity index (χ1n) is 7.55. The van der Waals surface area contributed by atoms with Crippen molar-refractivity contribution in [1.29, 1.82) is 0 Å². The van der Waals surface area contributed by atoms with Crippen molar-refractivity contribution in [2.45, 2.75) is 30.7 Å². The summed E-state index contributed by atoms with van der Waals surface area (Å²) < 4.78 is 2.03. The van der Waals surface area contributed by atoms with Gasteiger partial charge >= 0.3 is 0 Å². The van der Waals surface area contributed by atoms with Gasteiger partial charge in [-0.2, -0.15) is 15.0 Å². The van der Waals surface area contributed by atoms with E-state index in [1.807, 2.05) is 10.8 Å². The number of nitrogens with zero attached hydrogens (tertiary/aromatic N) is 5. The van der Waals surface area contributed by atoms with E-state index in [9.17, 15) is 0 Å². The molecule has 0 spiro atoms. The first-order valence-corrected chi connectivity index (χ1v) is 8.54. The Balaban J connectivity index is 1.77. The second-order valence-electron chi connectivity index (χ2n) is 5.58. The molecule has 0 saturated carbocycles. The third kappa shape index (κ3) is 3.65. The van der Waals surface area contributed by atoms with Crippen LogP contribution in [0, 0.1) is 0 Å². The number of benzene rings is 1. The predicted octanol–water partition coefficient (Wildman–Crippen LogP) is 2.64. The lowest BCUT2D eigenvalue weighted by molar-refractivity contribution is 0.858. The molecule has 2 heterocycles. The van der Waals surface area contributed by atoms with Gasteiger partial charge in [0.05, 0.1) is 5.75 Å². The number of nitrogen functional groups attached to an aromatic ring is 2. The molecule has 3 aromatic rings. The van der Waals surface area contributed by atoms with Crippen molar-refractivity contribution in [2.24, 2.45) is 0 Å². The highest BCUT2D eigenvalue weighted by Gasteiger charge is 2.09. The van der Waals surface area contributed by atoms with E-state index in [0.29, 0.717) is 17.5 Å². The van der Waals surface area contributed by atoms with Gasteiger partial charge in [0.2, 0.25) is 11.9 Å². The first kappa shape index (κ1) is 16.3. The van der Waals surface area contributed by atoms with Gasteiger partial charge in [-0.3, -0.25) is 4.57 Å². The SMILES string of the molecule is CC(C)c1ccc(-n2ccnc2SCc2nc(N)nc(N)n2)cc1. The zero-order valence-corrected chi connectivity index (χ0v) is 14.4. The standard InChI is InChI=1S/C16H19N7S/c1-10(2)11-3-5-12(6-4-11)23-8-7-19-16(23)24-9-13-20-14(17)22-15(18)21-13/h3-8,10H,9H2,1-2H3,(H4,17,18,20,21,22). The Labute approximate surface area is 144 Å². The highest BCUT2D eigenvalue weighted by molar-refractivity contribution is 7.98. The molecule has 2 aromatic heterocycles. The fourth-order valence-corrected chi connectivity index (χ4v) is 3.09. The molecule has 4 N–H and O–H groups in total. The van der Waals surface area contributed by atoms with Crippen molar-refractivity contribution >= 4 is 23.7 Å². The van der Waals surface area contributed by atoms with E-state index >= 15 is 0 Å². The Bertz CT molecular complexity index is 806. The number of aromatic nitrogens is 5. The van der Waals surface area contributed by atoms with Crippen molar-refractivity contribution in [2.75, 3.05) is 11.5 Å². The molecule has 0 aliphatic heterocycles. The summed E-state index contributed by atoms with van der Waals surface area (Å²) in [5.74, 6) is 1.82. The minimum atomic E-state index is 0.130. The van der Waals surface area contributed by atoms with Crippen LogP contribution in [-0.4, -0.2) is 24.5 Å². The second-order valence-corrected chi connectivity index (χ2v) is 6.53. The van der Waals surface area contributed by atoms with Gasteiger partial charge < -0.3 is 11.5 Å². The maximum absolute atomic E-state index is 5.60. The largest absolute Gasteiger partial charge is 0.368 e. The fraction of sp³-hybridized carbons (Fsp3) is 0.250. The molecule has 124 valence electrons. The van der Waals surface area contributed by atoms with Crippen molar-refractivity contribution in [3.05, 3.63) is 48.0 Å². The van der Waals surface area contributed by atoms with E-state index in [4.69, 9.17) is 11.5 Å². The quantitative estimate of drug-likeness (QED) is 0.687. The molecule has 0 fully saturated rings. The number of hydrogen-bond acceptors (Lipinski definition) is 7. The lowest BCUT2D eigenvalue weighted by Gasteiger charge is -2.10. The van der Waals surface area contributed by atoms with Crippen LogP contribution in [0.1, 0.15) is 31.2 Å². The van der Waals surface area contributed by atoms with Gasteiger partial charge in [-0.15, -0.1) is 0 Å². The summed E-state index contributed by atoms with van der Waals surface area (Å²) in [4.78, 5) is 16.3. The summed E-state index contributed by atoms with van der Waals surface area (Å²) in [7, 11) is 0. The first-order chi connectivity index (χ1) is 11.5. The molecule has 0 bridgehead atoms. The fourth-order valence-electron chi connectivity index (χ4n) is 2.26. The van der Waals surface area contributed by atoms with E-state index in [1.165, 1.54) is 17.3 Å². The zero-order valence-electron chi connectivity index (χ0n) is 13.5. The number of imidazole rings is 1. The van der Waals surface area contributed by atoms with Crippen molar-refractivity contribution < 1.29 is 0 Å². The Hall–Kier alpha value is -2.61. The maximum atomic E-state index is 5.60. The summed E-state index contributed by atoms with van der Waals surface area (Å²) in [5, 5.41) is 0.852. The van der Waals surface area contributed by atoms with E-state index in [2.05, 4.69) is 58.0 Å². The van der Waals surface area contributed by atoms with Crippen molar-refractivity contribution in [3.8, 4) is 5.69 Å². The van der Waals surface area contributed by atoms with Crippen LogP contribution in [0.25, 0.3) is 5.69 Å². The van der Waals surface area contributed by atoms with Gasteiger partial charge in [0.25, 0.3) is 0 Å². The Morgan fingerprint density at radius 2 is 1.71 bits per heavy atom. The van der Waals surface area contributed by atoms with Crippen LogP contribution in [0.3, 0.4) is 0 Å². The van der Waals surface area contributed by atoms with Gasteiger partial charge in [0, 0.05) is 18.1 Å². The lowest BCUT2D eigenvalue weighted by Crippen LogP contribution is -2.06. The summed E-state index contributed by atoms with van der Waals surface area (Å²) in [6.45, 7) is 4.36. The van der Waals surface area contributed by atoms with Crippen LogP contribution < -0.4 is 11.5 Å². The molecule has 0 aliphatic carbocycles. The second kappa shape index (κ2) is 6.88. The average molecular weight is 341 g/mol. The number of nitrogens with two attached hydrogens (primary N) is 2. The molecule has 3 rings (SSSR count). The van der Waals surface area contributed by atoms with E-state index in [1.54, 1.807) is 6.20 Å². The highest BCUT2D eigenvalue weighted by atomic mass is 32.2. The minimum Gasteiger partial charge on any atom is -0.368 e. The Kier molecular flexibility index (Phi) is 4.66. The molecule has 7 nitrogen and oxygen atoms in total. The number of hydrogen-bond donors (Lipinski definition) is 2. The number of rotatable bonds is 5. The molecule has 0 amide bonds. The lowest BCUT2D eigenvalue weighted by atomic mass is 10.0. The van der Waals surface area contributed by atoms with Gasteiger partial charge in [-0.05, 0) is 23.6 Å². The van der Waals surface area contributed by atoms with Crippen LogP contribution in [0.4, 0.5) is 11.9 Å². The Morgan fingerprint density at radius 3 is 2.33 bits per heavy atom. The summed E-state index contributed by atoms with van der Waals surface area (Å²) in [6, 6.07) is 8.48. The minimum absolute atomic E-state index is 0.130. The third-order valence-electron chi connectivity index (χ3n) is 3.49. The summed E-state index contributed by atoms with van der Waals surface area (Å²) >= 11 is 1.52. The van der Waals surface area contributed by atoms with Gasteiger partial charge in [0.15, 0.2) is 5.16 Å². The zero-order chi connectivity index (χ0) is 17.1. The van der Waals surface area contributed by atoms with Crippen LogP contribution >= 0.6 is 11.8 Å². The molecule has 24 heavy (non-hydrogen) atoms. The predicted molar refractivity (Wildman–Crippen MR) is 95.9 cm³/mol. The molecule has 0 unspecified atom stereocenters. The van der Waals surface area contributed by atoms with Crippen LogP contribution in [0.2, 0.25) is 0 Å². The van der Waals surface area contributed by atoms with Gasteiger partial charge in [-0.1, -0.05) is 37.7 Å². The van der Waals surface area contributed by atoms with Crippen molar-refractivity contribution in [1.82, 2.24) is 24.5 Å². The molecule has 1 aromatic carbocycles. The smallest absolute Gasteiger partial charge is 0.225 e. The van der Waals surface area contributed by atoms with E-state index in [-0.39, 0.29) is 11.9 Å². The Morgan fingerprint density at radius 1 is 1.04 bits per heavy atom. The average Bonchev–Trinajstić information content (AvgIpc) is 3.00. The molecule has 0 radical (unpaired) electrons. The van der Waals surface area contributed by atoms with Gasteiger partial charge in [-0.25, -0.2) is 4.98 Å². The molecular weight excluding hydrogens is 322 g/mol. The molecular formula is C16H19N7S. The summed E-state index contributed by atoms with van der Waals surface area (Å²) in [5.41, 5.74) is 13.6. The molecule has 0 saturated heterocycles. The topological polar surface area (TPSA) is 109 Å².